The molecule has 0 amide bonds. The van der Waals surface area contributed by atoms with Crippen molar-refractivity contribution in [2.45, 2.75) is 13.8 Å². The number of ether oxygens (including phenoxy) is 6. The number of aromatic nitrogens is 1. The zero-order chi connectivity index (χ0) is 25.2. The fraction of sp³-hybridized carbons (Fsp3) is 0.320. The third-order valence-corrected chi connectivity index (χ3v) is 5.58. The van der Waals surface area contributed by atoms with E-state index in [-0.39, 0.29) is 30.5 Å². The number of hydrogen-bond acceptors (Lipinski definition) is 10. The Kier molecular flexibility index (Phi) is 9.59. The summed E-state index contributed by atoms with van der Waals surface area (Å²) in [5, 5.41) is 2.58. The average molecular weight is 502 g/mol. The summed E-state index contributed by atoms with van der Waals surface area (Å²) in [6.45, 7) is 4.45. The predicted molar refractivity (Wildman–Crippen MR) is 131 cm³/mol. The van der Waals surface area contributed by atoms with Gasteiger partial charge in [-0.05, 0) is 44.2 Å². The van der Waals surface area contributed by atoms with Gasteiger partial charge in [0.25, 0.3) is 0 Å². The molecule has 0 fully saturated rings. The topological polar surface area (TPSA) is 102 Å². The van der Waals surface area contributed by atoms with Crippen LogP contribution in [0.4, 0.5) is 0 Å². The van der Waals surface area contributed by atoms with Crippen molar-refractivity contribution in [2.75, 3.05) is 41.0 Å². The average Bonchev–Trinajstić information content (AvgIpc) is 3.37. The van der Waals surface area contributed by atoms with Gasteiger partial charge in [-0.3, -0.25) is 4.79 Å². The van der Waals surface area contributed by atoms with Crippen molar-refractivity contribution in [1.29, 1.82) is 0 Å². The van der Waals surface area contributed by atoms with Gasteiger partial charge >= 0.3 is 5.97 Å². The Hall–Kier alpha value is -3.47. The third kappa shape index (κ3) is 6.36. The van der Waals surface area contributed by atoms with Crippen LogP contribution in [0.1, 0.15) is 34.6 Å². The lowest BCUT2D eigenvalue weighted by Gasteiger charge is -2.14. The summed E-state index contributed by atoms with van der Waals surface area (Å²) in [7, 11) is 2.84. The lowest BCUT2D eigenvalue weighted by molar-refractivity contribution is -0.0132. The first-order valence-corrected chi connectivity index (χ1v) is 11.7. The molecule has 1 aromatic heterocycles. The molecule has 3 aromatic rings. The van der Waals surface area contributed by atoms with Crippen molar-refractivity contribution in [3.05, 3.63) is 46.8 Å². The molecule has 0 saturated carbocycles. The van der Waals surface area contributed by atoms with Crippen LogP contribution >= 0.6 is 11.3 Å². The van der Waals surface area contributed by atoms with Crippen LogP contribution in [0.15, 0.2) is 35.7 Å². The van der Waals surface area contributed by atoms with Crippen molar-refractivity contribution < 1.29 is 38.0 Å². The van der Waals surface area contributed by atoms with Gasteiger partial charge in [0.2, 0.25) is 0 Å². The van der Waals surface area contributed by atoms with Crippen molar-refractivity contribution in [2.24, 2.45) is 0 Å². The highest BCUT2D eigenvalue weighted by atomic mass is 32.1. The number of benzene rings is 2. The number of carbonyl (C=O) groups is 2. The Morgan fingerprint density at radius 3 is 2.37 bits per heavy atom. The van der Waals surface area contributed by atoms with Crippen LogP contribution in [0.25, 0.3) is 21.8 Å². The molecule has 35 heavy (non-hydrogen) atoms. The molecule has 0 N–H and O–H groups in total. The maximum absolute atomic E-state index is 12.7. The van der Waals surface area contributed by atoms with Crippen molar-refractivity contribution >= 4 is 23.6 Å². The SMILES string of the molecule is CCOc1ccc(-c2nc(-c3cc(C=O)c(OCOC)c(C(=O)OCOC)c3)cs2)cc1OCC. The molecular formula is C25H27NO8S. The molecule has 0 radical (unpaired) electrons. The first-order valence-electron chi connectivity index (χ1n) is 10.8. The van der Waals surface area contributed by atoms with Crippen LogP contribution in [0.2, 0.25) is 0 Å². The van der Waals surface area contributed by atoms with Crippen LogP contribution in [0.3, 0.4) is 0 Å². The summed E-state index contributed by atoms with van der Waals surface area (Å²) >= 11 is 1.42. The number of hydrogen-bond donors (Lipinski definition) is 0. The summed E-state index contributed by atoms with van der Waals surface area (Å²) in [4.78, 5) is 29.2. The van der Waals surface area contributed by atoms with Gasteiger partial charge in [-0.1, -0.05) is 0 Å². The van der Waals surface area contributed by atoms with Crippen molar-refractivity contribution in [3.63, 3.8) is 0 Å². The van der Waals surface area contributed by atoms with Crippen LogP contribution in [-0.4, -0.2) is 58.3 Å². The minimum absolute atomic E-state index is 0.0629. The maximum atomic E-state index is 12.7. The number of esters is 1. The van der Waals surface area contributed by atoms with Crippen LogP contribution in [-0.2, 0) is 14.2 Å². The third-order valence-electron chi connectivity index (χ3n) is 4.68. The van der Waals surface area contributed by atoms with E-state index in [2.05, 4.69) is 0 Å². The van der Waals surface area contributed by atoms with Crippen molar-refractivity contribution in [1.82, 2.24) is 4.98 Å². The Bertz CT molecular complexity index is 1160. The standard InChI is InChI=1S/C25H27NO8S/c1-5-31-21-8-7-16(11-22(21)32-6-2)24-26-20(13-35-24)17-9-18(12-27)23(33-14-29-3)19(10-17)25(28)34-15-30-4/h7-13H,5-6,14-15H2,1-4H3. The number of carbonyl (C=O) groups excluding carboxylic acids is 2. The number of nitrogens with zero attached hydrogens (tertiary/aromatic N) is 1. The molecule has 0 aliphatic carbocycles. The van der Waals surface area contributed by atoms with E-state index >= 15 is 0 Å². The summed E-state index contributed by atoms with van der Waals surface area (Å²) in [6, 6.07) is 8.80. The summed E-state index contributed by atoms with van der Waals surface area (Å²) in [5.41, 5.74) is 2.22. The highest BCUT2D eigenvalue weighted by Gasteiger charge is 2.21. The smallest absolute Gasteiger partial charge is 0.344 e. The van der Waals surface area contributed by atoms with Crippen molar-refractivity contribution in [3.8, 4) is 39.1 Å². The molecule has 0 aliphatic heterocycles. The lowest BCUT2D eigenvalue weighted by Crippen LogP contribution is -2.12. The van der Waals surface area contributed by atoms with Gasteiger partial charge in [0.05, 0.1) is 24.5 Å². The lowest BCUT2D eigenvalue weighted by atomic mass is 10.0. The van der Waals surface area contributed by atoms with E-state index in [1.807, 2.05) is 37.4 Å². The van der Waals surface area contributed by atoms with Gasteiger partial charge in [-0.2, -0.15) is 0 Å². The molecule has 0 unspecified atom stereocenters. The first-order chi connectivity index (χ1) is 17.1. The largest absolute Gasteiger partial charge is 0.490 e. The molecule has 3 rings (SSSR count). The van der Waals surface area contributed by atoms with Gasteiger partial charge in [0, 0.05) is 30.7 Å². The Labute approximate surface area is 207 Å². The van der Waals surface area contributed by atoms with Gasteiger partial charge in [-0.25, -0.2) is 9.78 Å². The molecular weight excluding hydrogens is 474 g/mol. The van der Waals surface area contributed by atoms with E-state index in [0.717, 1.165) is 10.6 Å². The van der Waals surface area contributed by atoms with E-state index < -0.39 is 5.97 Å². The van der Waals surface area contributed by atoms with E-state index in [1.165, 1.54) is 25.6 Å². The summed E-state index contributed by atoms with van der Waals surface area (Å²) in [6.07, 6.45) is 0.607. The fourth-order valence-electron chi connectivity index (χ4n) is 3.23. The Balaban J connectivity index is 2.02. The van der Waals surface area contributed by atoms with E-state index in [9.17, 15) is 9.59 Å². The highest BCUT2D eigenvalue weighted by molar-refractivity contribution is 7.13. The highest BCUT2D eigenvalue weighted by Crippen LogP contribution is 2.37. The predicted octanol–water partition coefficient (Wildman–Crippen LogP) is 4.83. The Morgan fingerprint density at radius 2 is 1.69 bits per heavy atom. The van der Waals surface area contributed by atoms with Gasteiger partial charge in [-0.15, -0.1) is 11.3 Å². The second kappa shape index (κ2) is 12.8. The van der Waals surface area contributed by atoms with E-state index in [0.29, 0.717) is 42.3 Å². The molecule has 10 heteroatoms. The van der Waals surface area contributed by atoms with Gasteiger partial charge in [0.15, 0.2) is 31.4 Å². The molecule has 0 bridgehead atoms. The molecule has 0 aliphatic rings. The molecule has 2 aromatic carbocycles. The van der Waals surface area contributed by atoms with Crippen LogP contribution in [0, 0.1) is 0 Å². The molecule has 0 spiro atoms. The minimum Gasteiger partial charge on any atom is -0.490 e. The number of methoxy groups -OCH3 is 2. The molecule has 0 atom stereocenters. The maximum Gasteiger partial charge on any atom is 0.344 e. The summed E-state index contributed by atoms with van der Waals surface area (Å²) in [5.74, 6) is 0.660. The van der Waals surface area contributed by atoms with E-state index in [1.54, 1.807) is 12.1 Å². The normalized spacial score (nSPS) is 10.6. The van der Waals surface area contributed by atoms with E-state index in [4.69, 9.17) is 33.4 Å². The van der Waals surface area contributed by atoms with Crippen LogP contribution in [0.5, 0.6) is 17.2 Å². The quantitative estimate of drug-likeness (QED) is 0.185. The van der Waals surface area contributed by atoms with Crippen LogP contribution < -0.4 is 14.2 Å². The molecule has 186 valence electrons. The number of aldehydes is 1. The van der Waals surface area contributed by atoms with Gasteiger partial charge in [0.1, 0.15) is 16.3 Å². The number of rotatable bonds is 13. The minimum atomic E-state index is -0.703. The zero-order valence-corrected chi connectivity index (χ0v) is 20.8. The zero-order valence-electron chi connectivity index (χ0n) is 20.0. The monoisotopic (exact) mass is 501 g/mol. The Morgan fingerprint density at radius 1 is 0.943 bits per heavy atom. The second-order valence-corrected chi connectivity index (χ2v) is 7.87. The molecule has 9 nitrogen and oxygen atoms in total. The first kappa shape index (κ1) is 26.1. The summed E-state index contributed by atoms with van der Waals surface area (Å²) < 4.78 is 31.7. The fourth-order valence-corrected chi connectivity index (χ4v) is 4.06. The van der Waals surface area contributed by atoms with Gasteiger partial charge < -0.3 is 28.4 Å². The molecule has 0 saturated heterocycles. The molecule has 1 heterocycles. The second-order valence-electron chi connectivity index (χ2n) is 7.01. The number of thiazole rings is 1.